The Morgan fingerprint density at radius 2 is 1.59 bits per heavy atom. The Kier molecular flexibility index (Phi) is 5.73. The number of carbonyl (C=O) groups is 1. The summed E-state index contributed by atoms with van der Waals surface area (Å²) in [7, 11) is -4.58. The van der Waals surface area contributed by atoms with E-state index in [1.54, 1.807) is 0 Å². The molecule has 0 aliphatic carbocycles. The number of nitrogens with one attached hydrogen (secondary N) is 1. The molecule has 5 nitrogen and oxygen atoms in total. The van der Waals surface area contributed by atoms with E-state index in [1.165, 1.54) is 0 Å². The number of hydrogen-bond donors (Lipinski definition) is 1. The molecule has 1 N–H and O–H groups in total. The minimum absolute atomic E-state index is 0.0560. The summed E-state index contributed by atoms with van der Waals surface area (Å²) >= 11 is 0. The molecule has 162 valence electrons. The number of rotatable bonds is 2. The van der Waals surface area contributed by atoms with Crippen LogP contribution in [-0.2, 0) is 31.8 Å². The molecule has 1 amide bonds. The van der Waals surface area contributed by atoms with Crippen molar-refractivity contribution in [3.05, 3.63) is 29.3 Å². The normalized spacial score (nSPS) is 26.2. The average molecular weight is 444 g/mol. The van der Waals surface area contributed by atoms with Crippen LogP contribution in [-0.4, -0.2) is 34.4 Å². The maximum Gasteiger partial charge on any atom is 0.416 e. The van der Waals surface area contributed by atoms with E-state index in [4.69, 9.17) is 0 Å². The lowest BCUT2D eigenvalue weighted by atomic mass is 9.83. The Labute approximate surface area is 163 Å². The zero-order chi connectivity index (χ0) is 21.6. The van der Waals surface area contributed by atoms with Crippen molar-refractivity contribution in [2.45, 2.75) is 36.5 Å². The summed E-state index contributed by atoms with van der Waals surface area (Å²) < 4.78 is 105. The van der Waals surface area contributed by atoms with Gasteiger partial charge in [-0.25, -0.2) is 0 Å². The molecule has 3 unspecified atom stereocenters. The van der Waals surface area contributed by atoms with Crippen LogP contribution in [0.2, 0.25) is 0 Å². The summed E-state index contributed by atoms with van der Waals surface area (Å²) in [6.45, 7) is 0.212. The standard InChI is InChI=1S/C17H18F6N2O3S/c18-16(19,20)12-6-13(17(21,22)23)8-14(7-12)29(27,28)25-4-2-10-5-15(26)24-3-1-11(10)9-25/h6-8,10-11H,1-5,9H2,(H-,24,26,27,28). The number of sulfonamides is 1. The Bertz CT molecular complexity index is 809. The van der Waals surface area contributed by atoms with E-state index in [0.717, 1.165) is 4.31 Å². The maximum absolute atomic E-state index is 13.1. The number of carbonyl (C=O) groups excluding carboxylic acids is 1. The third-order valence-corrected chi connectivity index (χ3v) is 7.18. The fraction of sp³-hybridized carbons (Fsp3) is 0.588. The summed E-state index contributed by atoms with van der Waals surface area (Å²) in [5, 5.41) is 2.68. The number of amides is 1. The van der Waals surface area contributed by atoms with Gasteiger partial charge in [-0.2, -0.15) is 26.3 Å². The number of piperidine rings is 1. The van der Waals surface area contributed by atoms with Crippen LogP contribution >= 0.6 is 0 Å². The Morgan fingerprint density at radius 1 is 1.00 bits per heavy atom. The summed E-state index contributed by atoms with van der Waals surface area (Å²) in [4.78, 5) is 10.6. The summed E-state index contributed by atoms with van der Waals surface area (Å²) in [6.07, 6.45) is -9.25. The topological polar surface area (TPSA) is 72.5 Å². The Morgan fingerprint density at radius 3 is 2.14 bits per heavy atom. The second kappa shape index (κ2) is 7.55. The quantitative estimate of drug-likeness (QED) is 0.561. The van der Waals surface area contributed by atoms with Gasteiger partial charge in [0.05, 0.1) is 11.1 Å². The first-order chi connectivity index (χ1) is 13.3. The van der Waals surface area contributed by atoms with E-state index < -0.39 is 38.8 Å². The lowest BCUT2D eigenvalue weighted by molar-refractivity contribution is -0.143. The van der Waals surface area contributed by atoms with Gasteiger partial charge in [0.1, 0.15) is 0 Å². The molecule has 3 atom stereocenters. The monoisotopic (exact) mass is 444 g/mol. The fourth-order valence-electron chi connectivity index (χ4n) is 3.79. The van der Waals surface area contributed by atoms with Crippen LogP contribution in [0.25, 0.3) is 0 Å². The zero-order valence-corrected chi connectivity index (χ0v) is 15.8. The molecular weight excluding hydrogens is 426 g/mol. The van der Waals surface area contributed by atoms with Gasteiger partial charge in [-0.05, 0) is 30.7 Å². The Balaban J connectivity index is 1.94. The highest BCUT2D eigenvalue weighted by molar-refractivity contribution is 7.95. The molecule has 1 aromatic carbocycles. The molecule has 0 bridgehead atoms. The van der Waals surface area contributed by atoms with Gasteiger partial charge in [0, 0.05) is 38.2 Å². The number of nitrogens with zero attached hydrogens (tertiary/aromatic N) is 1. The van der Waals surface area contributed by atoms with E-state index in [-0.39, 0.29) is 55.5 Å². The molecule has 1 aromatic rings. The predicted octanol–water partition coefficient (Wildman–Crippen LogP) is 3.48. The van der Waals surface area contributed by atoms with Crippen LogP contribution in [0.1, 0.15) is 30.4 Å². The van der Waals surface area contributed by atoms with Crippen molar-refractivity contribution in [3.63, 3.8) is 0 Å². The fourth-order valence-corrected chi connectivity index (χ4v) is 5.38. The summed E-state index contributed by atoms with van der Waals surface area (Å²) in [5.74, 6) is -0.428. The number of hydrogen-bond acceptors (Lipinski definition) is 3. The number of halogens is 6. The second-order valence-electron chi connectivity index (χ2n) is 7.26. The van der Waals surface area contributed by atoms with Crippen molar-refractivity contribution in [1.29, 1.82) is 0 Å². The van der Waals surface area contributed by atoms with E-state index in [9.17, 15) is 39.9 Å². The molecule has 12 heteroatoms. The molecule has 2 saturated heterocycles. The number of benzene rings is 1. The minimum Gasteiger partial charge on any atom is -0.593 e. The molecule has 0 radical (unpaired) electrons. The highest BCUT2D eigenvalue weighted by Gasteiger charge is 2.43. The molecule has 0 aromatic heterocycles. The third kappa shape index (κ3) is 4.75. The predicted molar refractivity (Wildman–Crippen MR) is 89.0 cm³/mol. The molecule has 2 aliphatic heterocycles. The number of alkyl halides is 6. The first kappa shape index (κ1) is 22.0. The SMILES string of the molecule is O=C1CC2CCN([S+](=O)([O-])c3cc(C(F)(F)F)cc(C(F)(F)F)c3)CC2CCN1. The Hall–Kier alpha value is -1.66. The van der Waals surface area contributed by atoms with Gasteiger partial charge in [0.2, 0.25) is 5.91 Å². The zero-order valence-electron chi connectivity index (χ0n) is 15.0. The lowest BCUT2D eigenvalue weighted by Crippen LogP contribution is -2.46. The van der Waals surface area contributed by atoms with Crippen LogP contribution in [0, 0.1) is 11.8 Å². The lowest BCUT2D eigenvalue weighted by Gasteiger charge is -2.38. The van der Waals surface area contributed by atoms with Gasteiger partial charge in [-0.3, -0.25) is 4.79 Å². The molecule has 2 fully saturated rings. The van der Waals surface area contributed by atoms with Gasteiger partial charge in [-0.15, -0.1) is 4.31 Å². The molecule has 0 saturated carbocycles. The van der Waals surface area contributed by atoms with E-state index in [2.05, 4.69) is 5.32 Å². The molecule has 2 heterocycles. The van der Waals surface area contributed by atoms with Crippen molar-refractivity contribution in [2.24, 2.45) is 11.8 Å². The molecule has 2 aliphatic rings. The largest absolute Gasteiger partial charge is 0.593 e. The molecule has 29 heavy (non-hydrogen) atoms. The smallest absolute Gasteiger partial charge is 0.416 e. The van der Waals surface area contributed by atoms with Crippen LogP contribution in [0.4, 0.5) is 26.3 Å². The van der Waals surface area contributed by atoms with E-state index >= 15 is 0 Å². The molecule has 3 rings (SSSR count). The van der Waals surface area contributed by atoms with Crippen molar-refractivity contribution in [2.75, 3.05) is 19.6 Å². The molecular formula is C17H18F6N2O3S. The number of fused-ring (bicyclic) bond motifs is 1. The average Bonchev–Trinajstić information content (AvgIpc) is 2.79. The van der Waals surface area contributed by atoms with Crippen molar-refractivity contribution in [3.8, 4) is 0 Å². The highest BCUT2D eigenvalue weighted by atomic mass is 32.3. The third-order valence-electron chi connectivity index (χ3n) is 5.34. The van der Waals surface area contributed by atoms with Crippen molar-refractivity contribution in [1.82, 2.24) is 9.62 Å². The maximum atomic E-state index is 13.1. The molecule has 0 spiro atoms. The van der Waals surface area contributed by atoms with Crippen molar-refractivity contribution >= 4 is 16.3 Å². The van der Waals surface area contributed by atoms with E-state index in [1.807, 2.05) is 0 Å². The summed E-state index contributed by atoms with van der Waals surface area (Å²) in [5.41, 5.74) is -3.35. The van der Waals surface area contributed by atoms with Gasteiger partial charge in [-0.1, -0.05) is 4.21 Å². The van der Waals surface area contributed by atoms with Crippen LogP contribution in [0.3, 0.4) is 0 Å². The first-order valence-electron chi connectivity index (χ1n) is 8.85. The van der Waals surface area contributed by atoms with Gasteiger partial charge in [0.15, 0.2) is 15.3 Å². The summed E-state index contributed by atoms with van der Waals surface area (Å²) in [6, 6.07) is 0.359. The second-order valence-corrected chi connectivity index (χ2v) is 9.19. The van der Waals surface area contributed by atoms with Crippen LogP contribution < -0.4 is 5.32 Å². The van der Waals surface area contributed by atoms with Crippen LogP contribution in [0.15, 0.2) is 23.1 Å². The van der Waals surface area contributed by atoms with Crippen molar-refractivity contribution < 1.29 is 39.9 Å². The van der Waals surface area contributed by atoms with Gasteiger partial charge in [0.25, 0.3) is 0 Å². The van der Waals surface area contributed by atoms with Crippen LogP contribution in [0.5, 0.6) is 0 Å². The van der Waals surface area contributed by atoms with Gasteiger partial charge < -0.3 is 9.87 Å². The van der Waals surface area contributed by atoms with E-state index in [0.29, 0.717) is 19.4 Å². The van der Waals surface area contributed by atoms with Gasteiger partial charge >= 0.3 is 12.4 Å². The first-order valence-corrected chi connectivity index (χ1v) is 10.3. The minimum atomic E-state index is -5.13. The highest BCUT2D eigenvalue weighted by Crippen LogP contribution is 2.40.